The summed E-state index contributed by atoms with van der Waals surface area (Å²) < 4.78 is 12.4. The highest BCUT2D eigenvalue weighted by atomic mass is 16.5. The minimum absolute atomic E-state index is 0.197. The lowest BCUT2D eigenvalue weighted by atomic mass is 10.2. The Kier molecular flexibility index (Phi) is 4.85. The number of aromatic nitrogens is 3. The van der Waals surface area contributed by atoms with E-state index in [9.17, 15) is 4.79 Å². The van der Waals surface area contributed by atoms with Crippen molar-refractivity contribution in [2.75, 3.05) is 19.5 Å². The fourth-order valence-electron chi connectivity index (χ4n) is 2.65. The van der Waals surface area contributed by atoms with Gasteiger partial charge in [0.05, 0.1) is 23.7 Å². The summed E-state index contributed by atoms with van der Waals surface area (Å²) in [4.78, 5) is 21.9. The van der Waals surface area contributed by atoms with Crippen LogP contribution in [0.1, 0.15) is 30.6 Å². The minimum Gasteiger partial charge on any atom is -0.459 e. The smallest absolute Gasteiger partial charge is 0.344 e. The van der Waals surface area contributed by atoms with Gasteiger partial charge < -0.3 is 19.8 Å². The highest BCUT2D eigenvalue weighted by molar-refractivity contribution is 6.08. The van der Waals surface area contributed by atoms with Gasteiger partial charge in [-0.1, -0.05) is 19.1 Å². The van der Waals surface area contributed by atoms with Crippen LogP contribution in [0.15, 0.2) is 24.3 Å². The highest BCUT2D eigenvalue weighted by Crippen LogP contribution is 2.28. The third-order valence-corrected chi connectivity index (χ3v) is 4.20. The lowest BCUT2D eigenvalue weighted by Crippen LogP contribution is -2.16. The Bertz CT molecular complexity index is 919. The first-order valence-electron chi connectivity index (χ1n) is 8.31. The van der Waals surface area contributed by atoms with Gasteiger partial charge in [-0.3, -0.25) is 0 Å². The summed E-state index contributed by atoms with van der Waals surface area (Å²) in [5.41, 5.74) is 9.00. The van der Waals surface area contributed by atoms with Gasteiger partial charge in [0, 0.05) is 13.7 Å². The summed E-state index contributed by atoms with van der Waals surface area (Å²) in [6.07, 6.45) is 0.528. The van der Waals surface area contributed by atoms with Crippen LogP contribution in [0.3, 0.4) is 0 Å². The van der Waals surface area contributed by atoms with Crippen LogP contribution in [0.5, 0.6) is 0 Å². The van der Waals surface area contributed by atoms with Crippen molar-refractivity contribution in [3.63, 3.8) is 0 Å². The Morgan fingerprint density at radius 3 is 2.60 bits per heavy atom. The van der Waals surface area contributed by atoms with E-state index in [-0.39, 0.29) is 11.7 Å². The lowest BCUT2D eigenvalue weighted by Gasteiger charge is -2.11. The summed E-state index contributed by atoms with van der Waals surface area (Å²) >= 11 is 0. The molecule has 1 atom stereocenters. The number of esters is 1. The van der Waals surface area contributed by atoms with Crippen molar-refractivity contribution in [3.8, 4) is 0 Å². The Morgan fingerprint density at radius 2 is 1.96 bits per heavy atom. The molecule has 25 heavy (non-hydrogen) atoms. The van der Waals surface area contributed by atoms with Crippen molar-refractivity contribution in [1.82, 2.24) is 14.5 Å². The fraction of sp³-hybridized carbons (Fsp3) is 0.389. The molecule has 0 amide bonds. The van der Waals surface area contributed by atoms with E-state index in [4.69, 9.17) is 15.2 Å². The van der Waals surface area contributed by atoms with Crippen LogP contribution in [0.25, 0.3) is 22.2 Å². The number of nitrogens with two attached hydrogens (primary N) is 1. The molecular formula is C18H22N4O3. The van der Waals surface area contributed by atoms with Gasteiger partial charge in [0.25, 0.3) is 0 Å². The summed E-state index contributed by atoms with van der Waals surface area (Å²) in [5, 5.41) is 0. The molecule has 0 radical (unpaired) electrons. The van der Waals surface area contributed by atoms with Crippen LogP contribution in [0, 0.1) is 0 Å². The monoisotopic (exact) mass is 342 g/mol. The summed E-state index contributed by atoms with van der Waals surface area (Å²) in [7, 11) is 1.61. The maximum absolute atomic E-state index is 12.7. The van der Waals surface area contributed by atoms with Crippen LogP contribution in [0.4, 0.5) is 5.82 Å². The van der Waals surface area contributed by atoms with Crippen molar-refractivity contribution < 1.29 is 14.3 Å². The number of rotatable bonds is 6. The maximum Gasteiger partial charge on any atom is 0.344 e. The van der Waals surface area contributed by atoms with Gasteiger partial charge >= 0.3 is 5.97 Å². The normalized spacial score (nSPS) is 12.6. The Morgan fingerprint density at radius 1 is 1.28 bits per heavy atom. The van der Waals surface area contributed by atoms with E-state index in [2.05, 4.69) is 9.97 Å². The number of anilines is 1. The van der Waals surface area contributed by atoms with E-state index in [1.165, 1.54) is 0 Å². The standard InChI is InChI=1S/C18H22N4O3/c1-4-11(2)25-18(23)14-15-17(22(16(14)19)9-10-24-3)21-13-8-6-5-7-12(13)20-15/h5-8,11H,4,9-10,19H2,1-3H3. The van der Waals surface area contributed by atoms with Crippen molar-refractivity contribution in [2.24, 2.45) is 0 Å². The maximum atomic E-state index is 12.7. The molecule has 0 aliphatic rings. The van der Waals surface area contributed by atoms with E-state index >= 15 is 0 Å². The van der Waals surface area contributed by atoms with Crippen LogP contribution in [-0.4, -0.2) is 40.3 Å². The van der Waals surface area contributed by atoms with Crippen LogP contribution in [0.2, 0.25) is 0 Å². The quantitative estimate of drug-likeness (QED) is 0.693. The van der Waals surface area contributed by atoms with E-state index in [0.717, 1.165) is 11.9 Å². The van der Waals surface area contributed by atoms with Crippen molar-refractivity contribution in [1.29, 1.82) is 0 Å². The lowest BCUT2D eigenvalue weighted by molar-refractivity contribution is 0.0337. The molecule has 1 aromatic carbocycles. The number of carbonyl (C=O) groups is 1. The molecule has 3 aromatic rings. The van der Waals surface area contributed by atoms with E-state index in [0.29, 0.717) is 35.7 Å². The Hall–Kier alpha value is -2.67. The number of hydrogen-bond donors (Lipinski definition) is 1. The third kappa shape index (κ3) is 3.15. The van der Waals surface area contributed by atoms with Crippen molar-refractivity contribution >= 4 is 34.0 Å². The molecule has 2 N–H and O–H groups in total. The number of fused-ring (bicyclic) bond motifs is 2. The molecule has 0 saturated heterocycles. The molecule has 2 heterocycles. The zero-order chi connectivity index (χ0) is 18.0. The molecule has 132 valence electrons. The molecule has 0 bridgehead atoms. The van der Waals surface area contributed by atoms with Crippen LogP contribution >= 0.6 is 0 Å². The topological polar surface area (TPSA) is 92.3 Å². The van der Waals surface area contributed by atoms with E-state index in [1.807, 2.05) is 38.1 Å². The number of nitrogens with zero attached hydrogens (tertiary/aromatic N) is 3. The first kappa shape index (κ1) is 17.2. The molecule has 0 aliphatic heterocycles. The molecule has 7 heteroatoms. The summed E-state index contributed by atoms with van der Waals surface area (Å²) in [6.45, 7) is 4.72. The Balaban J connectivity index is 2.21. The van der Waals surface area contributed by atoms with Gasteiger partial charge in [0.15, 0.2) is 5.65 Å². The van der Waals surface area contributed by atoms with E-state index < -0.39 is 5.97 Å². The molecule has 3 rings (SSSR count). The second-order valence-corrected chi connectivity index (χ2v) is 5.91. The highest BCUT2D eigenvalue weighted by Gasteiger charge is 2.25. The molecule has 7 nitrogen and oxygen atoms in total. The van der Waals surface area contributed by atoms with Crippen molar-refractivity contribution in [2.45, 2.75) is 32.9 Å². The summed E-state index contributed by atoms with van der Waals surface area (Å²) in [6, 6.07) is 7.51. The van der Waals surface area contributed by atoms with Gasteiger partial charge in [-0.15, -0.1) is 0 Å². The molecule has 1 unspecified atom stereocenters. The number of hydrogen-bond acceptors (Lipinski definition) is 6. The minimum atomic E-state index is -0.474. The molecule has 2 aromatic heterocycles. The second-order valence-electron chi connectivity index (χ2n) is 5.91. The van der Waals surface area contributed by atoms with E-state index in [1.54, 1.807) is 11.7 Å². The third-order valence-electron chi connectivity index (χ3n) is 4.20. The number of ether oxygens (including phenoxy) is 2. The zero-order valence-corrected chi connectivity index (χ0v) is 14.7. The molecule has 0 aliphatic carbocycles. The van der Waals surface area contributed by atoms with Crippen LogP contribution in [-0.2, 0) is 16.0 Å². The molecular weight excluding hydrogens is 320 g/mol. The number of benzene rings is 1. The van der Waals surface area contributed by atoms with Gasteiger partial charge in [-0.05, 0) is 25.5 Å². The largest absolute Gasteiger partial charge is 0.459 e. The predicted molar refractivity (Wildman–Crippen MR) is 96.5 cm³/mol. The van der Waals surface area contributed by atoms with Gasteiger partial charge in [-0.25, -0.2) is 14.8 Å². The average Bonchev–Trinajstić information content (AvgIpc) is 2.88. The summed E-state index contributed by atoms with van der Waals surface area (Å²) in [5.74, 6) is -0.173. The van der Waals surface area contributed by atoms with Gasteiger partial charge in [-0.2, -0.15) is 0 Å². The first-order valence-corrected chi connectivity index (χ1v) is 8.31. The SMILES string of the molecule is CCC(C)OC(=O)c1c(N)n(CCOC)c2nc3ccccc3nc12. The average molecular weight is 342 g/mol. The number of methoxy groups -OCH3 is 1. The second kappa shape index (κ2) is 7.06. The molecule has 0 spiro atoms. The van der Waals surface area contributed by atoms with Crippen molar-refractivity contribution in [3.05, 3.63) is 29.8 Å². The number of carbonyl (C=O) groups excluding carboxylic acids is 1. The first-order chi connectivity index (χ1) is 12.1. The number of para-hydroxylation sites is 2. The molecule has 0 fully saturated rings. The zero-order valence-electron chi connectivity index (χ0n) is 14.7. The fourth-order valence-corrected chi connectivity index (χ4v) is 2.65. The van der Waals surface area contributed by atoms with Gasteiger partial charge in [0.2, 0.25) is 0 Å². The van der Waals surface area contributed by atoms with Gasteiger partial charge in [0.1, 0.15) is 16.9 Å². The molecule has 0 saturated carbocycles. The van der Waals surface area contributed by atoms with Crippen LogP contribution < -0.4 is 5.73 Å². The number of nitrogen functional groups attached to an aromatic ring is 1. The predicted octanol–water partition coefficient (Wildman–Crippen LogP) is 2.77. The Labute approximate surface area is 145 Å².